The summed E-state index contributed by atoms with van der Waals surface area (Å²) in [5, 5.41) is 1.17. The van der Waals surface area contributed by atoms with E-state index in [9.17, 15) is 0 Å². The normalized spacial score (nSPS) is 12.8. The van der Waals surface area contributed by atoms with Crippen molar-refractivity contribution in [1.29, 1.82) is 0 Å². The van der Waals surface area contributed by atoms with Crippen LogP contribution < -0.4 is 10.5 Å². The standard InChI is InChI=1S/C11H12ClN3O/c1-6(13)11-14-9-7(10(12)15-11)4-3-5-8(9)16-2/h3-6H,13H2,1-2H3. The highest BCUT2D eigenvalue weighted by molar-refractivity contribution is 6.34. The van der Waals surface area contributed by atoms with Crippen molar-refractivity contribution in [2.24, 2.45) is 5.73 Å². The highest BCUT2D eigenvalue weighted by Crippen LogP contribution is 2.28. The van der Waals surface area contributed by atoms with Gasteiger partial charge in [-0.05, 0) is 19.1 Å². The van der Waals surface area contributed by atoms with Gasteiger partial charge in [-0.15, -0.1) is 0 Å². The van der Waals surface area contributed by atoms with E-state index in [0.717, 1.165) is 5.39 Å². The quantitative estimate of drug-likeness (QED) is 0.815. The summed E-state index contributed by atoms with van der Waals surface area (Å²) in [6, 6.07) is 5.27. The van der Waals surface area contributed by atoms with Crippen LogP contribution in [0.5, 0.6) is 5.75 Å². The number of nitrogens with two attached hydrogens (primary N) is 1. The Labute approximate surface area is 98.4 Å². The zero-order valence-electron chi connectivity index (χ0n) is 9.07. The number of methoxy groups -OCH3 is 1. The highest BCUT2D eigenvalue weighted by atomic mass is 35.5. The van der Waals surface area contributed by atoms with Crippen LogP contribution in [0.3, 0.4) is 0 Å². The molecule has 4 nitrogen and oxygen atoms in total. The van der Waals surface area contributed by atoms with Crippen LogP contribution in [-0.2, 0) is 0 Å². The van der Waals surface area contributed by atoms with E-state index >= 15 is 0 Å². The van der Waals surface area contributed by atoms with E-state index in [-0.39, 0.29) is 6.04 Å². The van der Waals surface area contributed by atoms with Crippen LogP contribution in [0, 0.1) is 0 Å². The van der Waals surface area contributed by atoms with Gasteiger partial charge < -0.3 is 10.5 Å². The molecule has 0 radical (unpaired) electrons. The molecule has 16 heavy (non-hydrogen) atoms. The van der Waals surface area contributed by atoms with Gasteiger partial charge in [0.25, 0.3) is 0 Å². The molecule has 1 unspecified atom stereocenters. The zero-order chi connectivity index (χ0) is 11.7. The molecule has 0 saturated carbocycles. The molecule has 0 amide bonds. The molecule has 0 aliphatic heterocycles. The molecule has 5 heteroatoms. The Morgan fingerprint density at radius 2 is 2.12 bits per heavy atom. The average Bonchev–Trinajstić information content (AvgIpc) is 2.28. The van der Waals surface area contributed by atoms with Crippen LogP contribution in [0.15, 0.2) is 18.2 Å². The van der Waals surface area contributed by atoms with Crippen molar-refractivity contribution < 1.29 is 4.74 Å². The Balaban J connectivity index is 2.77. The molecule has 1 heterocycles. The molecule has 2 N–H and O–H groups in total. The predicted molar refractivity (Wildman–Crippen MR) is 63.7 cm³/mol. The molecule has 0 bridgehead atoms. The van der Waals surface area contributed by atoms with E-state index in [1.165, 1.54) is 0 Å². The van der Waals surface area contributed by atoms with Gasteiger partial charge in [-0.2, -0.15) is 0 Å². The number of hydrogen-bond donors (Lipinski definition) is 1. The summed E-state index contributed by atoms with van der Waals surface area (Å²) in [6.07, 6.45) is 0. The average molecular weight is 238 g/mol. The van der Waals surface area contributed by atoms with Crippen LogP contribution in [0.1, 0.15) is 18.8 Å². The molecular formula is C11H12ClN3O. The lowest BCUT2D eigenvalue weighted by Gasteiger charge is -2.09. The van der Waals surface area contributed by atoms with Crippen LogP contribution >= 0.6 is 11.6 Å². The molecule has 0 saturated heterocycles. The summed E-state index contributed by atoms with van der Waals surface area (Å²) < 4.78 is 5.23. The third-order valence-corrected chi connectivity index (χ3v) is 2.58. The molecular weight excluding hydrogens is 226 g/mol. The largest absolute Gasteiger partial charge is 0.494 e. The maximum Gasteiger partial charge on any atom is 0.147 e. The number of halogens is 1. The van der Waals surface area contributed by atoms with Gasteiger partial charge in [0.15, 0.2) is 0 Å². The summed E-state index contributed by atoms with van der Waals surface area (Å²) in [7, 11) is 1.59. The Morgan fingerprint density at radius 1 is 1.38 bits per heavy atom. The maximum absolute atomic E-state index is 6.07. The first kappa shape index (κ1) is 11.1. The molecule has 84 valence electrons. The van der Waals surface area contributed by atoms with Crippen molar-refractivity contribution in [2.75, 3.05) is 7.11 Å². The summed E-state index contributed by atoms with van der Waals surface area (Å²) in [5.41, 5.74) is 6.43. The van der Waals surface area contributed by atoms with Gasteiger partial charge in [0, 0.05) is 5.39 Å². The molecule has 2 aromatic rings. The lowest BCUT2D eigenvalue weighted by molar-refractivity contribution is 0.418. The van der Waals surface area contributed by atoms with E-state index < -0.39 is 0 Å². The van der Waals surface area contributed by atoms with E-state index in [1.807, 2.05) is 25.1 Å². The van der Waals surface area contributed by atoms with Crippen molar-refractivity contribution in [3.05, 3.63) is 29.2 Å². The first-order valence-electron chi connectivity index (χ1n) is 4.89. The molecule has 0 spiro atoms. The second-order valence-corrected chi connectivity index (χ2v) is 3.88. The third kappa shape index (κ3) is 1.81. The van der Waals surface area contributed by atoms with Gasteiger partial charge in [-0.3, -0.25) is 0 Å². The fourth-order valence-electron chi connectivity index (χ4n) is 1.47. The first-order valence-corrected chi connectivity index (χ1v) is 5.27. The van der Waals surface area contributed by atoms with Gasteiger partial charge in [0.2, 0.25) is 0 Å². The Kier molecular flexibility index (Phi) is 2.94. The minimum Gasteiger partial charge on any atom is -0.494 e. The topological polar surface area (TPSA) is 61.0 Å². The predicted octanol–water partition coefficient (Wildman–Crippen LogP) is 2.31. The Hall–Kier alpha value is -1.39. The van der Waals surface area contributed by atoms with Crippen LogP contribution in [-0.4, -0.2) is 17.1 Å². The second-order valence-electron chi connectivity index (χ2n) is 3.52. The first-order chi connectivity index (χ1) is 7.63. The highest BCUT2D eigenvalue weighted by Gasteiger charge is 2.11. The smallest absolute Gasteiger partial charge is 0.147 e. The minimum atomic E-state index is -0.258. The van der Waals surface area contributed by atoms with Crippen LogP contribution in [0.25, 0.3) is 10.9 Å². The summed E-state index contributed by atoms with van der Waals surface area (Å²) >= 11 is 6.07. The number of aromatic nitrogens is 2. The number of para-hydroxylation sites is 1. The summed E-state index contributed by atoms with van der Waals surface area (Å²) in [4.78, 5) is 8.51. The van der Waals surface area contributed by atoms with Gasteiger partial charge >= 0.3 is 0 Å². The maximum atomic E-state index is 6.07. The summed E-state index contributed by atoms with van der Waals surface area (Å²) in [5.74, 6) is 1.19. The molecule has 0 aliphatic carbocycles. The number of fused-ring (bicyclic) bond motifs is 1. The lowest BCUT2D eigenvalue weighted by Crippen LogP contribution is -2.10. The van der Waals surface area contributed by atoms with Gasteiger partial charge in [-0.1, -0.05) is 17.7 Å². The van der Waals surface area contributed by atoms with Crippen molar-refractivity contribution in [3.8, 4) is 5.75 Å². The zero-order valence-corrected chi connectivity index (χ0v) is 9.82. The van der Waals surface area contributed by atoms with Gasteiger partial charge in [0.05, 0.1) is 13.2 Å². The lowest BCUT2D eigenvalue weighted by atomic mass is 10.2. The SMILES string of the molecule is COc1cccc2c(Cl)nc(C(C)N)nc12. The number of hydrogen-bond acceptors (Lipinski definition) is 4. The van der Waals surface area contributed by atoms with Gasteiger partial charge in [-0.25, -0.2) is 9.97 Å². The fourth-order valence-corrected chi connectivity index (χ4v) is 1.71. The van der Waals surface area contributed by atoms with Gasteiger partial charge in [0.1, 0.15) is 22.2 Å². The van der Waals surface area contributed by atoms with E-state index in [4.69, 9.17) is 22.1 Å². The monoisotopic (exact) mass is 237 g/mol. The number of benzene rings is 1. The van der Waals surface area contributed by atoms with Crippen LogP contribution in [0.2, 0.25) is 5.15 Å². The molecule has 1 aromatic carbocycles. The van der Waals surface area contributed by atoms with Crippen molar-refractivity contribution in [1.82, 2.24) is 9.97 Å². The fraction of sp³-hybridized carbons (Fsp3) is 0.273. The Bertz CT molecular complexity index is 528. The van der Waals surface area contributed by atoms with E-state index in [0.29, 0.717) is 22.2 Å². The van der Waals surface area contributed by atoms with Crippen molar-refractivity contribution >= 4 is 22.5 Å². The molecule has 1 atom stereocenters. The molecule has 0 fully saturated rings. The third-order valence-electron chi connectivity index (χ3n) is 2.29. The molecule has 1 aromatic heterocycles. The van der Waals surface area contributed by atoms with E-state index in [2.05, 4.69) is 9.97 Å². The van der Waals surface area contributed by atoms with Crippen molar-refractivity contribution in [2.45, 2.75) is 13.0 Å². The number of ether oxygens (including phenoxy) is 1. The van der Waals surface area contributed by atoms with Crippen LogP contribution in [0.4, 0.5) is 0 Å². The van der Waals surface area contributed by atoms with E-state index in [1.54, 1.807) is 7.11 Å². The minimum absolute atomic E-state index is 0.258. The molecule has 0 aliphatic rings. The van der Waals surface area contributed by atoms with Crippen molar-refractivity contribution in [3.63, 3.8) is 0 Å². The molecule has 2 rings (SSSR count). The second kappa shape index (κ2) is 4.23. The number of rotatable bonds is 2. The Morgan fingerprint density at radius 3 is 2.75 bits per heavy atom. The summed E-state index contributed by atoms with van der Waals surface area (Å²) in [6.45, 7) is 1.81. The number of nitrogens with zero attached hydrogens (tertiary/aromatic N) is 2.